The highest BCUT2D eigenvalue weighted by atomic mass is 35.5. The Labute approximate surface area is 127 Å². The molecule has 0 atom stereocenters. The lowest BCUT2D eigenvalue weighted by Crippen LogP contribution is -2.02. The predicted molar refractivity (Wildman–Crippen MR) is 83.5 cm³/mol. The molecule has 0 aliphatic rings. The second kappa shape index (κ2) is 6.19. The molecule has 0 radical (unpaired) electrons. The average molecular weight is 302 g/mol. The number of fused-ring (bicyclic) bond motifs is 1. The Morgan fingerprint density at radius 1 is 1.00 bits per heavy atom. The number of carboxylic acids is 1. The molecule has 1 heterocycles. The van der Waals surface area contributed by atoms with Crippen LogP contribution in [0.1, 0.15) is 10.4 Å². The number of carboxylic acid groups (broad SMARTS) is 1. The minimum atomic E-state index is -0.999. The van der Waals surface area contributed by atoms with E-state index in [0.717, 1.165) is 5.69 Å². The molecule has 106 valence electrons. The highest BCUT2D eigenvalue weighted by Crippen LogP contribution is 2.26. The second-order valence-electron chi connectivity index (χ2n) is 4.22. The van der Waals surface area contributed by atoms with Crippen molar-refractivity contribution in [1.29, 1.82) is 0 Å². The first-order valence-electron chi connectivity index (χ1n) is 6.05. The van der Waals surface area contributed by atoms with Crippen molar-refractivity contribution in [3.63, 3.8) is 0 Å². The molecular formula is C15H12ClN3O2. The molecule has 0 spiro atoms. The summed E-state index contributed by atoms with van der Waals surface area (Å²) in [5.41, 5.74) is 1.62. The molecular weight excluding hydrogens is 290 g/mol. The fourth-order valence-corrected chi connectivity index (χ4v) is 2.04. The van der Waals surface area contributed by atoms with Gasteiger partial charge in [-0.25, -0.2) is 14.8 Å². The van der Waals surface area contributed by atoms with Gasteiger partial charge in [-0.3, -0.25) is 0 Å². The number of aromatic nitrogens is 2. The number of halogens is 1. The third kappa shape index (κ3) is 2.93. The Hall–Kier alpha value is -2.66. The molecule has 21 heavy (non-hydrogen) atoms. The number of carbonyl (C=O) groups is 1. The number of para-hydroxylation sites is 1. The maximum Gasteiger partial charge on any atom is 0.336 e. The summed E-state index contributed by atoms with van der Waals surface area (Å²) in [5, 5.41) is 12.9. The van der Waals surface area contributed by atoms with E-state index in [2.05, 4.69) is 15.3 Å². The Morgan fingerprint density at radius 3 is 2.48 bits per heavy atom. The molecule has 0 saturated heterocycles. The third-order valence-corrected chi connectivity index (χ3v) is 2.93. The number of nitrogens with one attached hydrogen (secondary N) is 1. The minimum Gasteiger partial charge on any atom is -0.478 e. The van der Waals surface area contributed by atoms with E-state index in [-0.39, 0.29) is 18.0 Å². The molecule has 0 amide bonds. The molecule has 0 fully saturated rings. The average Bonchev–Trinajstić information content (AvgIpc) is 2.48. The summed E-state index contributed by atoms with van der Waals surface area (Å²) in [7, 11) is 0. The fourth-order valence-electron chi connectivity index (χ4n) is 2.04. The summed E-state index contributed by atoms with van der Waals surface area (Å²) in [4.78, 5) is 19.6. The first kappa shape index (κ1) is 14.7. The number of hydrogen-bond donors (Lipinski definition) is 2. The van der Waals surface area contributed by atoms with Crippen LogP contribution in [0.2, 0.25) is 0 Å². The van der Waals surface area contributed by atoms with Crippen molar-refractivity contribution >= 4 is 40.8 Å². The zero-order chi connectivity index (χ0) is 13.9. The first-order chi connectivity index (χ1) is 9.75. The van der Waals surface area contributed by atoms with Crippen molar-refractivity contribution in [2.24, 2.45) is 0 Å². The van der Waals surface area contributed by atoms with Gasteiger partial charge >= 0.3 is 5.97 Å². The molecule has 1 aromatic heterocycles. The van der Waals surface area contributed by atoms with Crippen LogP contribution >= 0.6 is 12.4 Å². The zero-order valence-corrected chi connectivity index (χ0v) is 11.7. The number of hydrogen-bond acceptors (Lipinski definition) is 4. The number of benzene rings is 2. The van der Waals surface area contributed by atoms with E-state index in [4.69, 9.17) is 0 Å². The summed E-state index contributed by atoms with van der Waals surface area (Å²) in [6.45, 7) is 0. The van der Waals surface area contributed by atoms with Crippen LogP contribution in [0.4, 0.5) is 11.5 Å². The van der Waals surface area contributed by atoms with Crippen molar-refractivity contribution in [2.75, 3.05) is 5.32 Å². The van der Waals surface area contributed by atoms with Gasteiger partial charge < -0.3 is 10.4 Å². The second-order valence-corrected chi connectivity index (χ2v) is 4.22. The van der Waals surface area contributed by atoms with Crippen LogP contribution < -0.4 is 5.32 Å². The normalized spacial score (nSPS) is 9.90. The van der Waals surface area contributed by atoms with Gasteiger partial charge in [-0.2, -0.15) is 0 Å². The zero-order valence-electron chi connectivity index (χ0n) is 10.9. The van der Waals surface area contributed by atoms with Gasteiger partial charge in [0.05, 0.1) is 16.5 Å². The van der Waals surface area contributed by atoms with Gasteiger partial charge in [0.2, 0.25) is 0 Å². The van der Waals surface area contributed by atoms with Crippen LogP contribution in [0.3, 0.4) is 0 Å². The van der Waals surface area contributed by atoms with Gasteiger partial charge in [0.1, 0.15) is 12.1 Å². The Morgan fingerprint density at radius 2 is 1.76 bits per heavy atom. The van der Waals surface area contributed by atoms with E-state index < -0.39 is 5.97 Å². The molecule has 6 heteroatoms. The molecule has 3 rings (SSSR count). The lowest BCUT2D eigenvalue weighted by atomic mass is 10.1. The van der Waals surface area contributed by atoms with Gasteiger partial charge in [-0.05, 0) is 24.3 Å². The fraction of sp³-hybridized carbons (Fsp3) is 0. The molecule has 2 aromatic carbocycles. The van der Waals surface area contributed by atoms with Gasteiger partial charge in [-0.15, -0.1) is 12.4 Å². The van der Waals surface area contributed by atoms with Crippen LogP contribution in [0.5, 0.6) is 0 Å². The van der Waals surface area contributed by atoms with Crippen LogP contribution in [-0.4, -0.2) is 21.0 Å². The molecule has 0 saturated carbocycles. The van der Waals surface area contributed by atoms with Crippen molar-refractivity contribution < 1.29 is 9.90 Å². The highest BCUT2D eigenvalue weighted by molar-refractivity contribution is 6.07. The van der Waals surface area contributed by atoms with Crippen molar-refractivity contribution in [3.05, 3.63) is 60.4 Å². The third-order valence-electron chi connectivity index (χ3n) is 2.93. The maximum atomic E-state index is 11.3. The summed E-state index contributed by atoms with van der Waals surface area (Å²) in [6, 6.07) is 14.4. The monoisotopic (exact) mass is 301 g/mol. The SMILES string of the molecule is Cl.O=C(O)c1cccc2ncnc(Nc3ccccc3)c12. The van der Waals surface area contributed by atoms with Crippen LogP contribution in [-0.2, 0) is 0 Å². The van der Waals surface area contributed by atoms with E-state index in [9.17, 15) is 9.90 Å². The molecule has 0 aliphatic carbocycles. The van der Waals surface area contributed by atoms with E-state index in [1.54, 1.807) is 18.2 Å². The summed E-state index contributed by atoms with van der Waals surface area (Å²) in [5.74, 6) is -0.513. The van der Waals surface area contributed by atoms with E-state index in [1.165, 1.54) is 6.33 Å². The smallest absolute Gasteiger partial charge is 0.336 e. The van der Waals surface area contributed by atoms with Gasteiger partial charge in [0.25, 0.3) is 0 Å². The largest absolute Gasteiger partial charge is 0.478 e. The summed E-state index contributed by atoms with van der Waals surface area (Å²) < 4.78 is 0. The lowest BCUT2D eigenvalue weighted by molar-refractivity contribution is 0.0699. The number of anilines is 2. The molecule has 0 bridgehead atoms. The first-order valence-corrected chi connectivity index (χ1v) is 6.05. The minimum absolute atomic E-state index is 0. The van der Waals surface area contributed by atoms with Crippen molar-refractivity contribution in [1.82, 2.24) is 9.97 Å². The number of aromatic carboxylic acids is 1. The summed E-state index contributed by atoms with van der Waals surface area (Å²) in [6.07, 6.45) is 1.42. The molecule has 0 unspecified atom stereocenters. The van der Waals surface area contributed by atoms with Crippen LogP contribution in [0.15, 0.2) is 54.9 Å². The van der Waals surface area contributed by atoms with E-state index in [0.29, 0.717) is 16.7 Å². The Kier molecular flexibility index (Phi) is 4.35. The number of rotatable bonds is 3. The van der Waals surface area contributed by atoms with Crippen molar-refractivity contribution in [2.45, 2.75) is 0 Å². The maximum absolute atomic E-state index is 11.3. The van der Waals surface area contributed by atoms with E-state index >= 15 is 0 Å². The van der Waals surface area contributed by atoms with Gasteiger partial charge in [-0.1, -0.05) is 24.3 Å². The van der Waals surface area contributed by atoms with Crippen LogP contribution in [0.25, 0.3) is 10.9 Å². The number of nitrogens with zero attached hydrogens (tertiary/aromatic N) is 2. The standard InChI is InChI=1S/C15H11N3O2.ClH/c19-15(20)11-7-4-8-12-13(11)14(17-9-16-12)18-10-5-2-1-3-6-10;/h1-9H,(H,19,20)(H,16,17,18);1H. The Balaban J connectivity index is 0.00000161. The molecule has 3 aromatic rings. The van der Waals surface area contributed by atoms with Crippen molar-refractivity contribution in [3.8, 4) is 0 Å². The highest BCUT2D eigenvalue weighted by Gasteiger charge is 2.13. The Bertz CT molecular complexity index is 773. The van der Waals surface area contributed by atoms with Gasteiger partial charge in [0.15, 0.2) is 0 Å². The predicted octanol–water partition coefficient (Wildman–Crippen LogP) is 3.49. The van der Waals surface area contributed by atoms with Crippen LogP contribution in [0, 0.1) is 0 Å². The van der Waals surface area contributed by atoms with Gasteiger partial charge in [0, 0.05) is 5.69 Å². The van der Waals surface area contributed by atoms with E-state index in [1.807, 2.05) is 30.3 Å². The molecule has 0 aliphatic heterocycles. The molecule has 5 nitrogen and oxygen atoms in total. The summed E-state index contributed by atoms with van der Waals surface area (Å²) >= 11 is 0. The quantitative estimate of drug-likeness (QED) is 0.774. The lowest BCUT2D eigenvalue weighted by Gasteiger charge is -2.09. The topological polar surface area (TPSA) is 75.1 Å². The molecule has 2 N–H and O–H groups in total.